The second-order valence-corrected chi connectivity index (χ2v) is 5.32. The van der Waals surface area contributed by atoms with Gasteiger partial charge in [-0.25, -0.2) is 4.79 Å². The number of methoxy groups -OCH3 is 1. The van der Waals surface area contributed by atoms with E-state index >= 15 is 0 Å². The molecule has 0 aliphatic heterocycles. The number of aromatic amines is 1. The van der Waals surface area contributed by atoms with E-state index in [-0.39, 0.29) is 24.6 Å². The number of carbonyl (C=O) groups excluding carboxylic acids is 2. The Morgan fingerprint density at radius 1 is 1.33 bits per heavy atom. The molecule has 1 aromatic carbocycles. The second kappa shape index (κ2) is 7.77. The predicted molar refractivity (Wildman–Crippen MR) is 86.7 cm³/mol. The Balaban J connectivity index is 2.35. The van der Waals surface area contributed by atoms with E-state index in [0.717, 1.165) is 0 Å². The second-order valence-electron chi connectivity index (χ2n) is 4.47. The van der Waals surface area contributed by atoms with Crippen LogP contribution in [-0.4, -0.2) is 47.6 Å². The molecule has 1 amide bonds. The van der Waals surface area contributed by atoms with Gasteiger partial charge in [-0.3, -0.25) is 4.79 Å². The topological polar surface area (TPSA) is 129 Å². The van der Waals surface area contributed by atoms with Crippen LogP contribution in [0.2, 0.25) is 0 Å². The minimum atomic E-state index is -0.712. The van der Waals surface area contributed by atoms with Gasteiger partial charge in [0.25, 0.3) is 5.91 Å². The maximum Gasteiger partial charge on any atom is 0.344 e. The highest BCUT2D eigenvalue weighted by Crippen LogP contribution is 2.39. The number of esters is 1. The van der Waals surface area contributed by atoms with E-state index in [1.807, 2.05) is 0 Å². The van der Waals surface area contributed by atoms with Crippen LogP contribution in [0, 0.1) is 0 Å². The molecule has 24 heavy (non-hydrogen) atoms. The van der Waals surface area contributed by atoms with E-state index in [1.54, 1.807) is 19.1 Å². The van der Waals surface area contributed by atoms with Gasteiger partial charge in [0.2, 0.25) is 0 Å². The number of nitrogens with one attached hydrogen (secondary N) is 1. The lowest BCUT2D eigenvalue weighted by molar-refractivity contribution is -0.145. The summed E-state index contributed by atoms with van der Waals surface area (Å²) in [5, 5.41) is 10.00. The molecule has 0 aliphatic carbocycles. The average Bonchev–Trinajstić information content (AvgIpc) is 3.03. The van der Waals surface area contributed by atoms with Crippen molar-refractivity contribution in [1.82, 2.24) is 15.4 Å². The van der Waals surface area contributed by atoms with Crippen LogP contribution < -0.4 is 15.2 Å². The Morgan fingerprint density at radius 3 is 2.71 bits per heavy atom. The highest BCUT2D eigenvalue weighted by Gasteiger charge is 2.20. The molecular formula is C14H15BrN4O5. The Bertz CT molecular complexity index is 762. The molecule has 1 heterocycles. The summed E-state index contributed by atoms with van der Waals surface area (Å²) >= 11 is 3.34. The van der Waals surface area contributed by atoms with Crippen molar-refractivity contribution in [1.29, 1.82) is 0 Å². The van der Waals surface area contributed by atoms with Crippen molar-refractivity contribution in [3.8, 4) is 22.8 Å². The first-order valence-corrected chi connectivity index (χ1v) is 7.64. The Morgan fingerprint density at radius 2 is 2.08 bits per heavy atom. The number of hydrogen-bond acceptors (Lipinski definition) is 7. The lowest BCUT2D eigenvalue weighted by Gasteiger charge is -2.13. The number of amides is 1. The van der Waals surface area contributed by atoms with Crippen molar-refractivity contribution in [2.24, 2.45) is 5.73 Å². The van der Waals surface area contributed by atoms with Gasteiger partial charge in [0.15, 0.2) is 23.8 Å². The highest BCUT2D eigenvalue weighted by atomic mass is 79.9. The summed E-state index contributed by atoms with van der Waals surface area (Å²) in [6, 6.07) is 3.24. The fourth-order valence-corrected chi connectivity index (χ4v) is 2.49. The van der Waals surface area contributed by atoms with E-state index < -0.39 is 11.9 Å². The number of aromatic nitrogens is 3. The zero-order valence-corrected chi connectivity index (χ0v) is 14.5. The number of ether oxygens (including phenoxy) is 3. The smallest absolute Gasteiger partial charge is 0.344 e. The van der Waals surface area contributed by atoms with Crippen molar-refractivity contribution in [2.45, 2.75) is 6.92 Å². The molecule has 0 bridgehead atoms. The number of rotatable bonds is 7. The molecule has 2 aromatic rings. The monoisotopic (exact) mass is 398 g/mol. The van der Waals surface area contributed by atoms with Crippen LogP contribution in [-0.2, 0) is 9.53 Å². The Labute approximate surface area is 145 Å². The Hall–Kier alpha value is -2.62. The molecule has 3 N–H and O–H groups in total. The van der Waals surface area contributed by atoms with Crippen LogP contribution >= 0.6 is 15.9 Å². The van der Waals surface area contributed by atoms with Crippen molar-refractivity contribution >= 4 is 27.8 Å². The highest BCUT2D eigenvalue weighted by molar-refractivity contribution is 9.10. The summed E-state index contributed by atoms with van der Waals surface area (Å²) < 4.78 is 16.0. The molecule has 0 saturated carbocycles. The fourth-order valence-electron chi connectivity index (χ4n) is 1.93. The maximum absolute atomic E-state index is 11.4. The first-order valence-electron chi connectivity index (χ1n) is 6.84. The van der Waals surface area contributed by atoms with Gasteiger partial charge in [-0.15, -0.1) is 0 Å². The third-order valence-corrected chi connectivity index (χ3v) is 3.51. The predicted octanol–water partition coefficient (Wildman–Crippen LogP) is 1.28. The van der Waals surface area contributed by atoms with E-state index in [2.05, 4.69) is 31.3 Å². The van der Waals surface area contributed by atoms with E-state index in [1.165, 1.54) is 7.11 Å². The molecule has 0 radical (unpaired) electrons. The summed E-state index contributed by atoms with van der Waals surface area (Å²) in [4.78, 5) is 22.8. The van der Waals surface area contributed by atoms with Gasteiger partial charge in [0.1, 0.15) is 5.69 Å². The minimum Gasteiger partial charge on any atom is -0.493 e. The molecule has 0 atom stereocenters. The number of nitrogens with zero attached hydrogens (tertiary/aromatic N) is 2. The average molecular weight is 399 g/mol. The zero-order valence-electron chi connectivity index (χ0n) is 13.0. The first-order chi connectivity index (χ1) is 11.5. The number of benzene rings is 1. The van der Waals surface area contributed by atoms with Crippen molar-refractivity contribution in [3.05, 3.63) is 22.3 Å². The van der Waals surface area contributed by atoms with Gasteiger partial charge in [0.05, 0.1) is 18.2 Å². The number of halogens is 1. The molecule has 2 rings (SSSR count). The van der Waals surface area contributed by atoms with Gasteiger partial charge in [-0.05, 0) is 35.0 Å². The minimum absolute atomic E-state index is 0.00384. The number of H-pyrrole nitrogens is 1. The summed E-state index contributed by atoms with van der Waals surface area (Å²) in [6.45, 7) is 1.71. The lowest BCUT2D eigenvalue weighted by Crippen LogP contribution is -2.15. The third-order valence-electron chi connectivity index (χ3n) is 2.92. The van der Waals surface area contributed by atoms with Crippen LogP contribution in [0.4, 0.5) is 0 Å². The summed E-state index contributed by atoms with van der Waals surface area (Å²) in [6.07, 6.45) is 0. The van der Waals surface area contributed by atoms with Gasteiger partial charge in [0, 0.05) is 5.56 Å². The van der Waals surface area contributed by atoms with E-state index in [0.29, 0.717) is 21.5 Å². The summed E-state index contributed by atoms with van der Waals surface area (Å²) in [7, 11) is 1.45. The molecule has 128 valence electrons. The number of primary amides is 1. The molecular weight excluding hydrogens is 384 g/mol. The van der Waals surface area contributed by atoms with Crippen molar-refractivity contribution in [2.75, 3.05) is 20.3 Å². The lowest BCUT2D eigenvalue weighted by atomic mass is 10.1. The van der Waals surface area contributed by atoms with E-state index in [4.69, 9.17) is 19.9 Å². The molecule has 0 fully saturated rings. The quantitative estimate of drug-likeness (QED) is 0.671. The van der Waals surface area contributed by atoms with Gasteiger partial charge in [-0.2, -0.15) is 15.4 Å². The summed E-state index contributed by atoms with van der Waals surface area (Å²) in [5.74, 6) is -0.556. The molecule has 0 saturated heterocycles. The molecule has 0 aliphatic rings. The van der Waals surface area contributed by atoms with Gasteiger partial charge >= 0.3 is 5.97 Å². The van der Waals surface area contributed by atoms with Crippen LogP contribution in [0.25, 0.3) is 11.3 Å². The molecule has 1 aromatic heterocycles. The molecule has 0 unspecified atom stereocenters. The fraction of sp³-hybridized carbons (Fsp3) is 0.286. The third kappa shape index (κ3) is 3.82. The number of carbonyl (C=O) groups is 2. The zero-order chi connectivity index (χ0) is 17.7. The van der Waals surface area contributed by atoms with Crippen LogP contribution in [0.5, 0.6) is 11.5 Å². The first kappa shape index (κ1) is 17.7. The van der Waals surface area contributed by atoms with Crippen LogP contribution in [0.15, 0.2) is 16.6 Å². The van der Waals surface area contributed by atoms with Crippen molar-refractivity contribution < 1.29 is 23.8 Å². The largest absolute Gasteiger partial charge is 0.493 e. The van der Waals surface area contributed by atoms with Crippen LogP contribution in [0.1, 0.15) is 17.4 Å². The van der Waals surface area contributed by atoms with Crippen molar-refractivity contribution in [3.63, 3.8) is 0 Å². The number of hydrogen-bond donors (Lipinski definition) is 2. The normalized spacial score (nSPS) is 10.3. The molecule has 10 heteroatoms. The van der Waals surface area contributed by atoms with Crippen LogP contribution in [0.3, 0.4) is 0 Å². The van der Waals surface area contributed by atoms with Gasteiger partial charge < -0.3 is 19.9 Å². The SMILES string of the molecule is CCOC(=O)COc1c(Br)cc(-c2n[nH]nc2C(N)=O)cc1OC. The summed E-state index contributed by atoms with van der Waals surface area (Å²) in [5.41, 5.74) is 6.08. The van der Waals surface area contributed by atoms with E-state index in [9.17, 15) is 9.59 Å². The van der Waals surface area contributed by atoms with Gasteiger partial charge in [-0.1, -0.05) is 0 Å². The molecule has 9 nitrogen and oxygen atoms in total. The standard InChI is InChI=1S/C14H15BrN4O5/c1-3-23-10(20)6-24-13-8(15)4-7(5-9(13)22-2)11-12(14(16)21)18-19-17-11/h4-5H,3,6H2,1-2H3,(H2,16,21)(H,17,18,19). The Kier molecular flexibility index (Phi) is 5.74. The maximum atomic E-state index is 11.4. The molecule has 0 spiro atoms. The number of nitrogens with two attached hydrogens (primary N) is 1.